The molecule has 3 atom stereocenters. The Hall–Kier alpha value is -1.06. The summed E-state index contributed by atoms with van der Waals surface area (Å²) in [6.45, 7) is 5.25. The number of benzene rings is 1. The molecule has 1 aromatic rings. The topological polar surface area (TPSA) is 30.5 Å². The molecule has 3 unspecified atom stereocenters. The van der Waals surface area contributed by atoms with Gasteiger partial charge in [-0.2, -0.15) is 0 Å². The zero-order valence-electron chi connectivity index (χ0n) is 11.5. The number of rotatable bonds is 5. The molecule has 0 spiro atoms. The van der Waals surface area contributed by atoms with Crippen molar-refractivity contribution in [2.75, 3.05) is 13.7 Å². The largest absolute Gasteiger partial charge is 0.497 e. The summed E-state index contributed by atoms with van der Waals surface area (Å²) in [6, 6.07) is 8.56. The van der Waals surface area contributed by atoms with Gasteiger partial charge >= 0.3 is 0 Å². The minimum Gasteiger partial charge on any atom is -0.497 e. The van der Waals surface area contributed by atoms with Crippen molar-refractivity contribution in [1.29, 1.82) is 0 Å². The molecular weight excluding hydrogens is 226 g/mol. The summed E-state index contributed by atoms with van der Waals surface area (Å²) in [5, 5.41) is 3.53. The lowest BCUT2D eigenvalue weighted by molar-refractivity contribution is 0.0546. The third-order valence-corrected chi connectivity index (χ3v) is 3.59. The summed E-state index contributed by atoms with van der Waals surface area (Å²) >= 11 is 0. The van der Waals surface area contributed by atoms with Crippen molar-refractivity contribution in [2.24, 2.45) is 0 Å². The summed E-state index contributed by atoms with van der Waals surface area (Å²) in [5.41, 5.74) is 1.28. The minimum absolute atomic E-state index is 0.343. The fraction of sp³-hybridized carbons (Fsp3) is 0.600. The van der Waals surface area contributed by atoms with Gasteiger partial charge < -0.3 is 14.8 Å². The number of hydrogen-bond acceptors (Lipinski definition) is 3. The van der Waals surface area contributed by atoms with Crippen LogP contribution >= 0.6 is 0 Å². The summed E-state index contributed by atoms with van der Waals surface area (Å²) in [6.07, 6.45) is 3.15. The molecule has 0 aliphatic carbocycles. The van der Waals surface area contributed by atoms with Crippen LogP contribution in [0.3, 0.4) is 0 Å². The Morgan fingerprint density at radius 3 is 2.61 bits per heavy atom. The van der Waals surface area contributed by atoms with Crippen molar-refractivity contribution in [3.8, 4) is 5.75 Å². The average Bonchev–Trinajstić information content (AvgIpc) is 2.82. The fourth-order valence-electron chi connectivity index (χ4n) is 2.35. The Labute approximate surface area is 109 Å². The van der Waals surface area contributed by atoms with E-state index in [9.17, 15) is 0 Å². The highest BCUT2D eigenvalue weighted by molar-refractivity contribution is 5.28. The second-order valence-corrected chi connectivity index (χ2v) is 5.05. The van der Waals surface area contributed by atoms with Gasteiger partial charge in [0, 0.05) is 12.6 Å². The molecule has 1 heterocycles. The summed E-state index contributed by atoms with van der Waals surface area (Å²) in [7, 11) is 1.69. The Kier molecular flexibility index (Phi) is 4.61. The Balaban J connectivity index is 1.81. The molecule has 1 aliphatic rings. The molecule has 1 aliphatic heterocycles. The molecule has 3 heteroatoms. The first-order valence-electron chi connectivity index (χ1n) is 6.72. The molecule has 1 saturated heterocycles. The van der Waals surface area contributed by atoms with E-state index < -0.39 is 0 Å². The normalized spacial score (nSPS) is 25.1. The molecule has 1 fully saturated rings. The molecule has 100 valence electrons. The van der Waals surface area contributed by atoms with Gasteiger partial charge in [-0.25, -0.2) is 0 Å². The zero-order chi connectivity index (χ0) is 13.0. The van der Waals surface area contributed by atoms with Crippen molar-refractivity contribution in [3.63, 3.8) is 0 Å². The monoisotopic (exact) mass is 249 g/mol. The molecule has 0 radical (unpaired) electrons. The van der Waals surface area contributed by atoms with Gasteiger partial charge in [-0.1, -0.05) is 12.1 Å². The standard InChI is InChI=1S/C15H23NO2/c1-11-4-7-15(18-11)10-16-12(2)13-5-8-14(17-3)9-6-13/h5-6,8-9,11-12,15-16H,4,7,10H2,1-3H3. The number of hydrogen-bond donors (Lipinski definition) is 1. The van der Waals surface area contributed by atoms with Gasteiger partial charge in [-0.15, -0.1) is 0 Å². The maximum absolute atomic E-state index is 5.80. The predicted octanol–water partition coefficient (Wildman–Crippen LogP) is 2.91. The lowest BCUT2D eigenvalue weighted by Gasteiger charge is -2.18. The second kappa shape index (κ2) is 6.21. The van der Waals surface area contributed by atoms with Crippen LogP contribution in [0, 0.1) is 0 Å². The Bertz CT molecular complexity index is 363. The summed E-state index contributed by atoms with van der Waals surface area (Å²) in [5.74, 6) is 0.902. The van der Waals surface area contributed by atoms with E-state index in [-0.39, 0.29) is 0 Å². The molecule has 0 bridgehead atoms. The third kappa shape index (κ3) is 3.47. The average molecular weight is 249 g/mol. The van der Waals surface area contributed by atoms with Gasteiger partial charge in [0.2, 0.25) is 0 Å². The van der Waals surface area contributed by atoms with Crippen molar-refractivity contribution >= 4 is 0 Å². The molecule has 0 saturated carbocycles. The molecule has 1 aromatic carbocycles. The summed E-state index contributed by atoms with van der Waals surface area (Å²) < 4.78 is 11.0. The Morgan fingerprint density at radius 2 is 2.06 bits per heavy atom. The molecular formula is C15H23NO2. The van der Waals surface area contributed by atoms with Gasteiger partial charge in [-0.3, -0.25) is 0 Å². The molecule has 2 rings (SSSR count). The summed E-state index contributed by atoms with van der Waals surface area (Å²) in [4.78, 5) is 0. The van der Waals surface area contributed by atoms with E-state index in [0.29, 0.717) is 18.2 Å². The van der Waals surface area contributed by atoms with E-state index in [1.54, 1.807) is 7.11 Å². The lowest BCUT2D eigenvalue weighted by atomic mass is 10.1. The van der Waals surface area contributed by atoms with Gasteiger partial charge in [0.25, 0.3) is 0 Å². The quantitative estimate of drug-likeness (QED) is 0.870. The fourth-order valence-corrected chi connectivity index (χ4v) is 2.35. The van der Waals surface area contributed by atoms with Crippen LogP contribution in [0.2, 0.25) is 0 Å². The van der Waals surface area contributed by atoms with Crippen LogP contribution in [0.4, 0.5) is 0 Å². The van der Waals surface area contributed by atoms with Crippen LogP contribution in [0.5, 0.6) is 5.75 Å². The first kappa shape index (κ1) is 13.4. The van der Waals surface area contributed by atoms with Crippen molar-refractivity contribution in [2.45, 2.75) is 44.9 Å². The highest BCUT2D eigenvalue weighted by atomic mass is 16.5. The third-order valence-electron chi connectivity index (χ3n) is 3.59. The molecule has 1 N–H and O–H groups in total. The highest BCUT2D eigenvalue weighted by Crippen LogP contribution is 2.20. The van der Waals surface area contributed by atoms with E-state index in [0.717, 1.165) is 12.3 Å². The van der Waals surface area contributed by atoms with Crippen LogP contribution < -0.4 is 10.1 Å². The first-order chi connectivity index (χ1) is 8.69. The first-order valence-corrected chi connectivity index (χ1v) is 6.72. The van der Waals surface area contributed by atoms with Crippen LogP contribution in [0.1, 0.15) is 38.3 Å². The minimum atomic E-state index is 0.343. The van der Waals surface area contributed by atoms with Gasteiger partial charge in [0.05, 0.1) is 19.3 Å². The maximum atomic E-state index is 5.80. The Morgan fingerprint density at radius 1 is 1.33 bits per heavy atom. The van der Waals surface area contributed by atoms with E-state index in [4.69, 9.17) is 9.47 Å². The zero-order valence-corrected chi connectivity index (χ0v) is 11.5. The van der Waals surface area contributed by atoms with Gasteiger partial charge in [-0.05, 0) is 44.4 Å². The van der Waals surface area contributed by atoms with E-state index in [1.165, 1.54) is 18.4 Å². The van der Waals surface area contributed by atoms with Gasteiger partial charge in [0.1, 0.15) is 5.75 Å². The number of methoxy groups -OCH3 is 1. The van der Waals surface area contributed by atoms with E-state index in [1.807, 2.05) is 12.1 Å². The predicted molar refractivity (Wildman–Crippen MR) is 73.0 cm³/mol. The van der Waals surface area contributed by atoms with Crippen molar-refractivity contribution in [1.82, 2.24) is 5.32 Å². The molecule has 18 heavy (non-hydrogen) atoms. The van der Waals surface area contributed by atoms with Crippen LogP contribution in [-0.2, 0) is 4.74 Å². The van der Waals surface area contributed by atoms with Gasteiger partial charge in [0.15, 0.2) is 0 Å². The lowest BCUT2D eigenvalue weighted by Crippen LogP contribution is -2.29. The number of nitrogens with one attached hydrogen (secondary N) is 1. The van der Waals surface area contributed by atoms with Crippen molar-refractivity contribution in [3.05, 3.63) is 29.8 Å². The smallest absolute Gasteiger partial charge is 0.118 e. The SMILES string of the molecule is COc1ccc(C(C)NCC2CCC(C)O2)cc1. The van der Waals surface area contributed by atoms with Crippen LogP contribution in [0.25, 0.3) is 0 Å². The highest BCUT2D eigenvalue weighted by Gasteiger charge is 2.21. The van der Waals surface area contributed by atoms with E-state index >= 15 is 0 Å². The maximum Gasteiger partial charge on any atom is 0.118 e. The van der Waals surface area contributed by atoms with E-state index in [2.05, 4.69) is 31.3 Å². The number of ether oxygens (including phenoxy) is 2. The molecule has 0 amide bonds. The second-order valence-electron chi connectivity index (χ2n) is 5.05. The van der Waals surface area contributed by atoms with Crippen LogP contribution in [0.15, 0.2) is 24.3 Å². The molecule has 0 aromatic heterocycles. The molecule has 3 nitrogen and oxygen atoms in total. The van der Waals surface area contributed by atoms with Crippen molar-refractivity contribution < 1.29 is 9.47 Å². The van der Waals surface area contributed by atoms with Crippen LogP contribution in [-0.4, -0.2) is 25.9 Å².